The SMILES string of the molecule is c1ccc(-c2ccc(N(c3ccc4ccccc4c3)c3cccc4ccccc34)cc2)cc1. The quantitative estimate of drug-likeness (QED) is 0.274. The Kier molecular flexibility index (Phi) is 4.86. The fourth-order valence-corrected chi connectivity index (χ4v) is 4.58. The van der Waals surface area contributed by atoms with Gasteiger partial charge < -0.3 is 4.90 Å². The van der Waals surface area contributed by atoms with E-state index in [4.69, 9.17) is 0 Å². The zero-order chi connectivity index (χ0) is 22.0. The van der Waals surface area contributed by atoms with Crippen LogP contribution in [0.5, 0.6) is 0 Å². The summed E-state index contributed by atoms with van der Waals surface area (Å²) in [4.78, 5) is 2.36. The molecule has 0 saturated heterocycles. The maximum atomic E-state index is 2.36. The smallest absolute Gasteiger partial charge is 0.0540 e. The third-order valence-electron chi connectivity index (χ3n) is 6.23. The molecule has 0 aliphatic heterocycles. The molecule has 0 N–H and O–H groups in total. The van der Waals surface area contributed by atoms with E-state index in [0.29, 0.717) is 0 Å². The monoisotopic (exact) mass is 421 g/mol. The molecule has 0 saturated carbocycles. The third-order valence-corrected chi connectivity index (χ3v) is 6.23. The van der Waals surface area contributed by atoms with Crippen LogP contribution in [0, 0.1) is 0 Å². The van der Waals surface area contributed by atoms with Crippen LogP contribution in [-0.4, -0.2) is 0 Å². The summed E-state index contributed by atoms with van der Waals surface area (Å²) in [6, 6.07) is 49.8. The van der Waals surface area contributed by atoms with Crippen LogP contribution in [0.4, 0.5) is 17.1 Å². The van der Waals surface area contributed by atoms with Gasteiger partial charge in [-0.1, -0.05) is 109 Å². The molecule has 0 aromatic heterocycles. The molecule has 33 heavy (non-hydrogen) atoms. The molecule has 0 atom stereocenters. The van der Waals surface area contributed by atoms with Crippen LogP contribution in [-0.2, 0) is 0 Å². The second kappa shape index (κ2) is 8.29. The molecule has 6 rings (SSSR count). The van der Waals surface area contributed by atoms with Crippen LogP contribution in [0.2, 0.25) is 0 Å². The van der Waals surface area contributed by atoms with Crippen molar-refractivity contribution in [2.45, 2.75) is 0 Å². The van der Waals surface area contributed by atoms with E-state index in [1.807, 2.05) is 0 Å². The van der Waals surface area contributed by atoms with Crippen molar-refractivity contribution in [3.63, 3.8) is 0 Å². The lowest BCUT2D eigenvalue weighted by molar-refractivity contribution is 1.30. The Morgan fingerprint density at radius 3 is 1.79 bits per heavy atom. The molecule has 1 heteroatoms. The molecular formula is C32H23N. The molecule has 0 spiro atoms. The van der Waals surface area contributed by atoms with Crippen molar-refractivity contribution in [1.82, 2.24) is 0 Å². The molecule has 0 fully saturated rings. The summed E-state index contributed by atoms with van der Waals surface area (Å²) in [5.41, 5.74) is 5.91. The molecule has 156 valence electrons. The van der Waals surface area contributed by atoms with Crippen LogP contribution in [0.15, 0.2) is 140 Å². The Morgan fingerprint density at radius 1 is 0.364 bits per heavy atom. The Hall–Kier alpha value is -4.36. The van der Waals surface area contributed by atoms with Crippen molar-refractivity contribution < 1.29 is 0 Å². The van der Waals surface area contributed by atoms with Crippen molar-refractivity contribution in [2.75, 3.05) is 4.90 Å². The lowest BCUT2D eigenvalue weighted by Crippen LogP contribution is -2.10. The normalized spacial score (nSPS) is 11.0. The van der Waals surface area contributed by atoms with Crippen molar-refractivity contribution in [2.24, 2.45) is 0 Å². The zero-order valence-corrected chi connectivity index (χ0v) is 18.2. The van der Waals surface area contributed by atoms with Gasteiger partial charge in [0.25, 0.3) is 0 Å². The summed E-state index contributed by atoms with van der Waals surface area (Å²) >= 11 is 0. The summed E-state index contributed by atoms with van der Waals surface area (Å²) in [5, 5.41) is 4.96. The van der Waals surface area contributed by atoms with Gasteiger partial charge in [-0.25, -0.2) is 0 Å². The van der Waals surface area contributed by atoms with E-state index >= 15 is 0 Å². The molecule has 0 bridgehead atoms. The van der Waals surface area contributed by atoms with E-state index in [1.165, 1.54) is 38.4 Å². The predicted octanol–water partition coefficient (Wildman–Crippen LogP) is 9.13. The van der Waals surface area contributed by atoms with Crippen LogP contribution in [0.1, 0.15) is 0 Å². The topological polar surface area (TPSA) is 3.24 Å². The molecule has 0 aliphatic carbocycles. The van der Waals surface area contributed by atoms with Gasteiger partial charge in [-0.05, 0) is 57.6 Å². The number of anilines is 3. The maximum absolute atomic E-state index is 2.36. The van der Waals surface area contributed by atoms with Gasteiger partial charge in [0.05, 0.1) is 5.69 Å². The van der Waals surface area contributed by atoms with Gasteiger partial charge in [-0.3, -0.25) is 0 Å². The summed E-state index contributed by atoms with van der Waals surface area (Å²) in [6.07, 6.45) is 0. The van der Waals surface area contributed by atoms with Gasteiger partial charge in [0.15, 0.2) is 0 Å². The molecule has 1 nitrogen and oxygen atoms in total. The number of fused-ring (bicyclic) bond motifs is 2. The molecule has 0 heterocycles. The number of hydrogen-bond acceptors (Lipinski definition) is 1. The Labute approximate surface area is 194 Å². The van der Waals surface area contributed by atoms with Crippen LogP contribution >= 0.6 is 0 Å². The van der Waals surface area contributed by atoms with Crippen molar-refractivity contribution in [3.05, 3.63) is 140 Å². The van der Waals surface area contributed by atoms with E-state index in [-0.39, 0.29) is 0 Å². The summed E-state index contributed by atoms with van der Waals surface area (Å²) in [6.45, 7) is 0. The lowest BCUT2D eigenvalue weighted by atomic mass is 10.0. The molecule has 6 aromatic carbocycles. The van der Waals surface area contributed by atoms with E-state index < -0.39 is 0 Å². The fourth-order valence-electron chi connectivity index (χ4n) is 4.58. The highest BCUT2D eigenvalue weighted by Crippen LogP contribution is 2.40. The molecular weight excluding hydrogens is 398 g/mol. The van der Waals surface area contributed by atoms with E-state index in [0.717, 1.165) is 11.4 Å². The van der Waals surface area contributed by atoms with Gasteiger partial charge in [0, 0.05) is 16.8 Å². The highest BCUT2D eigenvalue weighted by molar-refractivity contribution is 6.00. The summed E-state index contributed by atoms with van der Waals surface area (Å²) in [7, 11) is 0. The molecule has 6 aromatic rings. The third kappa shape index (κ3) is 3.64. The van der Waals surface area contributed by atoms with E-state index in [2.05, 4.69) is 144 Å². The Morgan fingerprint density at radius 2 is 0.970 bits per heavy atom. The largest absolute Gasteiger partial charge is 0.310 e. The minimum absolute atomic E-state index is 1.14. The fraction of sp³-hybridized carbons (Fsp3) is 0. The standard InChI is InChI=1S/C32H23N/c1-2-9-24(10-3-1)26-17-20-29(21-18-26)33(30-22-19-25-11-4-5-13-28(25)23-30)32-16-8-14-27-12-6-7-15-31(27)32/h1-23H. The lowest BCUT2D eigenvalue weighted by Gasteiger charge is -2.27. The Balaban J connectivity index is 1.54. The van der Waals surface area contributed by atoms with Crippen molar-refractivity contribution >= 4 is 38.6 Å². The predicted molar refractivity (Wildman–Crippen MR) is 142 cm³/mol. The number of nitrogens with zero attached hydrogens (tertiary/aromatic N) is 1. The zero-order valence-electron chi connectivity index (χ0n) is 18.2. The van der Waals surface area contributed by atoms with Crippen LogP contribution in [0.3, 0.4) is 0 Å². The molecule has 0 unspecified atom stereocenters. The molecule has 0 aliphatic rings. The van der Waals surface area contributed by atoms with Gasteiger partial charge in [0.1, 0.15) is 0 Å². The first-order valence-electron chi connectivity index (χ1n) is 11.3. The number of rotatable bonds is 4. The van der Waals surface area contributed by atoms with E-state index in [1.54, 1.807) is 0 Å². The summed E-state index contributed by atoms with van der Waals surface area (Å²) in [5.74, 6) is 0. The van der Waals surface area contributed by atoms with Crippen LogP contribution in [0.25, 0.3) is 32.7 Å². The average molecular weight is 422 g/mol. The van der Waals surface area contributed by atoms with E-state index in [9.17, 15) is 0 Å². The molecule has 0 radical (unpaired) electrons. The number of benzene rings is 6. The first-order chi connectivity index (χ1) is 16.4. The Bertz CT molecular complexity index is 1540. The first-order valence-corrected chi connectivity index (χ1v) is 11.3. The second-order valence-electron chi connectivity index (χ2n) is 8.28. The molecule has 0 amide bonds. The van der Waals surface area contributed by atoms with Crippen molar-refractivity contribution in [1.29, 1.82) is 0 Å². The second-order valence-corrected chi connectivity index (χ2v) is 8.28. The van der Waals surface area contributed by atoms with Gasteiger partial charge >= 0.3 is 0 Å². The minimum atomic E-state index is 1.14. The minimum Gasteiger partial charge on any atom is -0.310 e. The highest BCUT2D eigenvalue weighted by Gasteiger charge is 2.15. The maximum Gasteiger partial charge on any atom is 0.0540 e. The average Bonchev–Trinajstić information content (AvgIpc) is 2.90. The van der Waals surface area contributed by atoms with Crippen molar-refractivity contribution in [3.8, 4) is 11.1 Å². The van der Waals surface area contributed by atoms with Gasteiger partial charge in [-0.15, -0.1) is 0 Å². The number of hydrogen-bond donors (Lipinski definition) is 0. The van der Waals surface area contributed by atoms with Gasteiger partial charge in [0.2, 0.25) is 0 Å². The summed E-state index contributed by atoms with van der Waals surface area (Å²) < 4.78 is 0. The first kappa shape index (κ1) is 19.3. The highest BCUT2D eigenvalue weighted by atomic mass is 15.1. The van der Waals surface area contributed by atoms with Crippen LogP contribution < -0.4 is 4.90 Å². The van der Waals surface area contributed by atoms with Gasteiger partial charge in [-0.2, -0.15) is 0 Å².